The molecular formula is C13H19N3. The van der Waals surface area contributed by atoms with E-state index in [1.54, 1.807) is 0 Å². The van der Waals surface area contributed by atoms with E-state index in [-0.39, 0.29) is 0 Å². The maximum Gasteiger partial charge on any atom is 0.120 e. The first-order valence-electron chi connectivity index (χ1n) is 5.89. The van der Waals surface area contributed by atoms with Crippen LogP contribution in [0.5, 0.6) is 0 Å². The second kappa shape index (κ2) is 4.31. The van der Waals surface area contributed by atoms with E-state index in [1.807, 2.05) is 23.9 Å². The van der Waals surface area contributed by atoms with Crippen LogP contribution in [0.25, 0.3) is 0 Å². The fourth-order valence-corrected chi connectivity index (χ4v) is 2.31. The van der Waals surface area contributed by atoms with Crippen molar-refractivity contribution in [2.45, 2.75) is 32.7 Å². The van der Waals surface area contributed by atoms with E-state index < -0.39 is 0 Å². The van der Waals surface area contributed by atoms with Crippen molar-refractivity contribution in [2.24, 2.45) is 12.5 Å². The minimum atomic E-state index is 0.521. The van der Waals surface area contributed by atoms with Crippen LogP contribution in [0.3, 0.4) is 0 Å². The van der Waals surface area contributed by atoms with Crippen LogP contribution in [0.4, 0.5) is 0 Å². The van der Waals surface area contributed by atoms with Gasteiger partial charge in [-0.3, -0.25) is 0 Å². The monoisotopic (exact) mass is 217 g/mol. The third-order valence-corrected chi connectivity index (χ3v) is 3.62. The van der Waals surface area contributed by atoms with Gasteiger partial charge in [-0.1, -0.05) is 13.3 Å². The number of nitrogens with zero attached hydrogens (tertiary/aromatic N) is 2. The minimum absolute atomic E-state index is 0.521. The van der Waals surface area contributed by atoms with Gasteiger partial charge in [0.25, 0.3) is 0 Å². The fraction of sp³-hybridized carbons (Fsp3) is 0.615. The molecule has 0 radical (unpaired) electrons. The third kappa shape index (κ3) is 2.28. The highest BCUT2D eigenvalue weighted by atomic mass is 14.9. The molecule has 1 aliphatic rings. The quantitative estimate of drug-likeness (QED) is 0.839. The van der Waals surface area contributed by atoms with Gasteiger partial charge in [0.05, 0.1) is 0 Å². The Bertz CT molecular complexity index is 407. The van der Waals surface area contributed by atoms with Crippen LogP contribution >= 0.6 is 0 Å². The predicted molar refractivity (Wildman–Crippen MR) is 63.8 cm³/mol. The molecule has 0 atom stereocenters. The number of hydrogen-bond donors (Lipinski definition) is 1. The summed E-state index contributed by atoms with van der Waals surface area (Å²) in [6.45, 7) is 4.30. The van der Waals surface area contributed by atoms with Crippen molar-refractivity contribution in [1.82, 2.24) is 9.88 Å². The Morgan fingerprint density at radius 3 is 2.81 bits per heavy atom. The molecule has 16 heavy (non-hydrogen) atoms. The first-order valence-corrected chi connectivity index (χ1v) is 5.89. The lowest BCUT2D eigenvalue weighted by atomic mass is 9.70. The van der Waals surface area contributed by atoms with Gasteiger partial charge < -0.3 is 9.88 Å². The van der Waals surface area contributed by atoms with Crippen molar-refractivity contribution in [3.05, 3.63) is 23.5 Å². The van der Waals surface area contributed by atoms with Crippen molar-refractivity contribution in [3.8, 4) is 6.07 Å². The molecule has 1 heterocycles. The fourth-order valence-electron chi connectivity index (χ4n) is 2.31. The van der Waals surface area contributed by atoms with Gasteiger partial charge in [0, 0.05) is 26.3 Å². The molecule has 1 N–H and O–H groups in total. The van der Waals surface area contributed by atoms with Gasteiger partial charge in [-0.2, -0.15) is 5.26 Å². The van der Waals surface area contributed by atoms with E-state index in [0.717, 1.165) is 18.8 Å². The van der Waals surface area contributed by atoms with Gasteiger partial charge in [-0.25, -0.2) is 0 Å². The second-order valence-electron chi connectivity index (χ2n) is 5.22. The molecule has 1 saturated carbocycles. The van der Waals surface area contributed by atoms with E-state index in [1.165, 1.54) is 24.8 Å². The molecule has 86 valence electrons. The number of hydrogen-bond acceptors (Lipinski definition) is 2. The Hall–Kier alpha value is -1.27. The number of nitrogens with one attached hydrogen (secondary N) is 1. The summed E-state index contributed by atoms with van der Waals surface area (Å²) >= 11 is 0. The summed E-state index contributed by atoms with van der Waals surface area (Å²) in [5.41, 5.74) is 2.45. The van der Waals surface area contributed by atoms with Gasteiger partial charge in [0.1, 0.15) is 11.8 Å². The largest absolute Gasteiger partial charge is 0.342 e. The summed E-state index contributed by atoms with van der Waals surface area (Å²) in [6, 6.07) is 4.13. The normalized spacial score (nSPS) is 17.8. The molecule has 0 unspecified atom stereocenters. The number of aromatic nitrogens is 1. The molecule has 3 nitrogen and oxygen atoms in total. The first kappa shape index (κ1) is 11.2. The molecule has 0 aliphatic heterocycles. The zero-order chi connectivity index (χ0) is 11.6. The van der Waals surface area contributed by atoms with E-state index in [4.69, 9.17) is 5.26 Å². The molecule has 0 saturated heterocycles. The first-order chi connectivity index (χ1) is 7.63. The SMILES string of the molecule is Cn1cc(CNCC2(C)CCC2)cc1C#N. The second-order valence-corrected chi connectivity index (χ2v) is 5.22. The molecule has 1 fully saturated rings. The van der Waals surface area contributed by atoms with Crippen molar-refractivity contribution in [2.75, 3.05) is 6.54 Å². The molecule has 1 aromatic heterocycles. The van der Waals surface area contributed by atoms with E-state index in [2.05, 4.69) is 18.3 Å². The van der Waals surface area contributed by atoms with E-state index in [0.29, 0.717) is 5.41 Å². The summed E-state index contributed by atoms with van der Waals surface area (Å²) in [7, 11) is 1.91. The lowest BCUT2D eigenvalue weighted by Crippen LogP contribution is -2.36. The van der Waals surface area contributed by atoms with Gasteiger partial charge in [-0.05, 0) is 29.9 Å². The van der Waals surface area contributed by atoms with Gasteiger partial charge in [-0.15, -0.1) is 0 Å². The lowest BCUT2D eigenvalue weighted by Gasteiger charge is -2.38. The molecular weight excluding hydrogens is 198 g/mol. The molecule has 3 heteroatoms. The topological polar surface area (TPSA) is 40.8 Å². The average molecular weight is 217 g/mol. The molecule has 2 rings (SSSR count). The molecule has 0 spiro atoms. The Morgan fingerprint density at radius 1 is 1.56 bits per heavy atom. The Kier molecular flexibility index (Phi) is 3.02. The minimum Gasteiger partial charge on any atom is -0.342 e. The molecule has 0 aromatic carbocycles. The summed E-state index contributed by atoms with van der Waals surface area (Å²) < 4.78 is 1.88. The molecule has 1 aliphatic carbocycles. The Balaban J connectivity index is 1.83. The maximum absolute atomic E-state index is 8.84. The van der Waals surface area contributed by atoms with Crippen molar-refractivity contribution in [1.29, 1.82) is 5.26 Å². The zero-order valence-corrected chi connectivity index (χ0v) is 10.1. The van der Waals surface area contributed by atoms with Crippen LogP contribution < -0.4 is 5.32 Å². The Morgan fingerprint density at radius 2 is 2.31 bits per heavy atom. The molecule has 1 aromatic rings. The van der Waals surface area contributed by atoms with E-state index in [9.17, 15) is 0 Å². The Labute approximate surface area is 97.1 Å². The standard InChI is InChI=1S/C13H19N3/c1-13(4-3-5-13)10-15-8-11-6-12(7-14)16(2)9-11/h6,9,15H,3-5,8,10H2,1-2H3. The van der Waals surface area contributed by atoms with Crippen LogP contribution in [0.15, 0.2) is 12.3 Å². The molecule has 0 amide bonds. The van der Waals surface area contributed by atoms with Gasteiger partial charge in [0.2, 0.25) is 0 Å². The zero-order valence-electron chi connectivity index (χ0n) is 10.1. The van der Waals surface area contributed by atoms with Crippen molar-refractivity contribution >= 4 is 0 Å². The number of aryl methyl sites for hydroxylation is 1. The smallest absolute Gasteiger partial charge is 0.120 e. The van der Waals surface area contributed by atoms with Crippen LogP contribution in [0.1, 0.15) is 37.4 Å². The summed E-state index contributed by atoms with van der Waals surface area (Å²) in [5.74, 6) is 0. The average Bonchev–Trinajstić information content (AvgIpc) is 2.56. The van der Waals surface area contributed by atoms with Crippen LogP contribution in [-0.4, -0.2) is 11.1 Å². The van der Waals surface area contributed by atoms with Gasteiger partial charge >= 0.3 is 0 Å². The van der Waals surface area contributed by atoms with Crippen LogP contribution in [0, 0.1) is 16.7 Å². The van der Waals surface area contributed by atoms with Crippen LogP contribution in [-0.2, 0) is 13.6 Å². The lowest BCUT2D eigenvalue weighted by molar-refractivity contribution is 0.156. The van der Waals surface area contributed by atoms with Crippen molar-refractivity contribution < 1.29 is 0 Å². The highest BCUT2D eigenvalue weighted by Crippen LogP contribution is 2.39. The van der Waals surface area contributed by atoms with E-state index >= 15 is 0 Å². The highest BCUT2D eigenvalue weighted by Gasteiger charge is 2.30. The van der Waals surface area contributed by atoms with Crippen molar-refractivity contribution in [3.63, 3.8) is 0 Å². The molecule has 0 bridgehead atoms. The number of nitriles is 1. The summed E-state index contributed by atoms with van der Waals surface area (Å²) in [5, 5.41) is 12.3. The van der Waals surface area contributed by atoms with Crippen LogP contribution in [0.2, 0.25) is 0 Å². The predicted octanol–water partition coefficient (Wildman–Crippen LogP) is 2.18. The summed E-state index contributed by atoms with van der Waals surface area (Å²) in [6.07, 6.45) is 6.09. The number of rotatable bonds is 4. The third-order valence-electron chi connectivity index (χ3n) is 3.62. The summed E-state index contributed by atoms with van der Waals surface area (Å²) in [4.78, 5) is 0. The highest BCUT2D eigenvalue weighted by molar-refractivity contribution is 5.28. The maximum atomic E-state index is 8.84. The van der Waals surface area contributed by atoms with Gasteiger partial charge in [0.15, 0.2) is 0 Å².